The zero-order valence-corrected chi connectivity index (χ0v) is 16.4. The maximum atomic E-state index is 13.9. The fraction of sp³-hybridized carbons (Fsp3) is 0.350. The van der Waals surface area contributed by atoms with E-state index in [1.165, 1.54) is 22.5 Å². The third-order valence-corrected chi connectivity index (χ3v) is 6.60. The van der Waals surface area contributed by atoms with Crippen molar-refractivity contribution in [1.29, 1.82) is 0 Å². The Bertz CT molecular complexity index is 913. The lowest BCUT2D eigenvalue weighted by molar-refractivity contribution is -0.140. The van der Waals surface area contributed by atoms with E-state index in [9.17, 15) is 17.6 Å². The summed E-state index contributed by atoms with van der Waals surface area (Å²) in [7, 11) is -3.93. The quantitative estimate of drug-likeness (QED) is 0.739. The Morgan fingerprint density at radius 1 is 1.04 bits per heavy atom. The SMILES string of the molecule is CC[C@H](Oc1ccccc1)C(=O)N1CCN(S(=O)(=O)c2ccccc2F)CC1. The summed E-state index contributed by atoms with van der Waals surface area (Å²) < 4.78 is 46.3. The summed E-state index contributed by atoms with van der Waals surface area (Å²) in [6.07, 6.45) is -0.126. The number of carbonyl (C=O) groups is 1. The Hall–Kier alpha value is -2.45. The molecule has 0 radical (unpaired) electrons. The third kappa shape index (κ3) is 4.34. The highest BCUT2D eigenvalue weighted by Gasteiger charge is 2.33. The zero-order chi connectivity index (χ0) is 20.1. The van der Waals surface area contributed by atoms with Gasteiger partial charge in [-0.15, -0.1) is 0 Å². The van der Waals surface area contributed by atoms with Crippen molar-refractivity contribution >= 4 is 15.9 Å². The number of halogens is 1. The molecule has 1 aliphatic rings. The van der Waals surface area contributed by atoms with Gasteiger partial charge in [0.15, 0.2) is 6.10 Å². The Morgan fingerprint density at radius 3 is 2.25 bits per heavy atom. The first-order chi connectivity index (χ1) is 13.4. The molecule has 3 rings (SSSR count). The van der Waals surface area contributed by atoms with Crippen molar-refractivity contribution in [2.75, 3.05) is 26.2 Å². The molecule has 2 aromatic carbocycles. The van der Waals surface area contributed by atoms with Crippen LogP contribution in [0.3, 0.4) is 0 Å². The molecule has 0 aromatic heterocycles. The number of rotatable bonds is 6. The third-order valence-electron chi connectivity index (χ3n) is 4.67. The summed E-state index contributed by atoms with van der Waals surface area (Å²) >= 11 is 0. The summed E-state index contributed by atoms with van der Waals surface area (Å²) in [4.78, 5) is 14.0. The molecule has 1 fully saturated rings. The van der Waals surface area contributed by atoms with Crippen LogP contribution in [0.15, 0.2) is 59.5 Å². The molecule has 150 valence electrons. The van der Waals surface area contributed by atoms with Gasteiger partial charge in [0.1, 0.15) is 16.5 Å². The molecule has 1 heterocycles. The second-order valence-corrected chi connectivity index (χ2v) is 8.39. The average Bonchev–Trinajstić information content (AvgIpc) is 2.72. The van der Waals surface area contributed by atoms with E-state index < -0.39 is 21.9 Å². The van der Waals surface area contributed by atoms with Gasteiger partial charge >= 0.3 is 0 Å². The lowest BCUT2D eigenvalue weighted by atomic mass is 10.2. The van der Waals surface area contributed by atoms with Crippen LogP contribution in [-0.4, -0.2) is 55.8 Å². The van der Waals surface area contributed by atoms with Crippen LogP contribution in [0.1, 0.15) is 13.3 Å². The largest absolute Gasteiger partial charge is 0.481 e. The summed E-state index contributed by atoms with van der Waals surface area (Å²) in [6.45, 7) is 2.57. The van der Waals surface area contributed by atoms with Crippen molar-refractivity contribution in [3.63, 3.8) is 0 Å². The number of sulfonamides is 1. The highest BCUT2D eigenvalue weighted by Crippen LogP contribution is 2.21. The summed E-state index contributed by atoms with van der Waals surface area (Å²) in [6, 6.07) is 14.4. The maximum absolute atomic E-state index is 13.9. The Balaban J connectivity index is 1.64. The molecule has 0 aliphatic carbocycles. The lowest BCUT2D eigenvalue weighted by Gasteiger charge is -2.35. The van der Waals surface area contributed by atoms with Gasteiger partial charge in [-0.05, 0) is 30.7 Å². The van der Waals surface area contributed by atoms with E-state index in [1.807, 2.05) is 25.1 Å². The van der Waals surface area contributed by atoms with Crippen LogP contribution < -0.4 is 4.74 Å². The Kier molecular flexibility index (Phi) is 6.31. The van der Waals surface area contributed by atoms with Crippen molar-refractivity contribution in [2.24, 2.45) is 0 Å². The topological polar surface area (TPSA) is 66.9 Å². The first-order valence-corrected chi connectivity index (χ1v) is 10.6. The van der Waals surface area contributed by atoms with E-state index >= 15 is 0 Å². The predicted molar refractivity (Wildman–Crippen MR) is 103 cm³/mol. The van der Waals surface area contributed by atoms with Crippen molar-refractivity contribution in [1.82, 2.24) is 9.21 Å². The van der Waals surface area contributed by atoms with E-state index in [0.717, 1.165) is 6.07 Å². The minimum absolute atomic E-state index is 0.115. The van der Waals surface area contributed by atoms with Gasteiger partial charge in [-0.3, -0.25) is 4.79 Å². The van der Waals surface area contributed by atoms with E-state index in [0.29, 0.717) is 12.2 Å². The van der Waals surface area contributed by atoms with E-state index in [-0.39, 0.29) is 37.0 Å². The molecule has 1 atom stereocenters. The second kappa shape index (κ2) is 8.70. The number of benzene rings is 2. The first-order valence-electron chi connectivity index (χ1n) is 9.18. The van der Waals surface area contributed by atoms with Gasteiger partial charge in [0.2, 0.25) is 10.0 Å². The molecule has 1 aliphatic heterocycles. The van der Waals surface area contributed by atoms with Gasteiger partial charge in [-0.1, -0.05) is 37.3 Å². The van der Waals surface area contributed by atoms with Crippen LogP contribution >= 0.6 is 0 Å². The molecule has 0 bridgehead atoms. The lowest BCUT2D eigenvalue weighted by Crippen LogP contribution is -2.53. The fourth-order valence-electron chi connectivity index (χ4n) is 3.12. The van der Waals surface area contributed by atoms with Crippen LogP contribution in [-0.2, 0) is 14.8 Å². The van der Waals surface area contributed by atoms with E-state index in [1.54, 1.807) is 17.0 Å². The Labute approximate surface area is 164 Å². The normalized spacial score (nSPS) is 16.6. The van der Waals surface area contributed by atoms with Gasteiger partial charge < -0.3 is 9.64 Å². The molecular formula is C20H23FN2O4S. The fourth-order valence-corrected chi connectivity index (χ4v) is 4.60. The van der Waals surface area contributed by atoms with Crippen LogP contribution in [0.2, 0.25) is 0 Å². The van der Waals surface area contributed by atoms with Crippen LogP contribution in [0.5, 0.6) is 5.75 Å². The van der Waals surface area contributed by atoms with Crippen molar-refractivity contribution in [3.8, 4) is 5.75 Å². The van der Waals surface area contributed by atoms with Gasteiger partial charge in [-0.2, -0.15) is 4.31 Å². The number of nitrogens with zero attached hydrogens (tertiary/aromatic N) is 2. The number of hydrogen-bond donors (Lipinski definition) is 0. The summed E-state index contributed by atoms with van der Waals surface area (Å²) in [5.41, 5.74) is 0. The first kappa shape index (κ1) is 20.3. The highest BCUT2D eigenvalue weighted by molar-refractivity contribution is 7.89. The number of amides is 1. The number of ether oxygens (including phenoxy) is 1. The van der Waals surface area contributed by atoms with E-state index in [4.69, 9.17) is 4.74 Å². The highest BCUT2D eigenvalue weighted by atomic mass is 32.2. The molecule has 1 amide bonds. The van der Waals surface area contributed by atoms with Crippen molar-refractivity contribution < 1.29 is 22.3 Å². The minimum atomic E-state index is -3.93. The van der Waals surface area contributed by atoms with Crippen LogP contribution in [0.25, 0.3) is 0 Å². The predicted octanol–water partition coefficient (Wildman–Crippen LogP) is 2.52. The summed E-state index contributed by atoms with van der Waals surface area (Å²) in [5.74, 6) is -0.332. The number of piperazine rings is 1. The molecule has 8 heteroatoms. The molecule has 0 spiro atoms. The van der Waals surface area contributed by atoms with Gasteiger partial charge in [0.25, 0.3) is 5.91 Å². The second-order valence-electron chi connectivity index (χ2n) is 6.49. The van der Waals surface area contributed by atoms with Crippen molar-refractivity contribution in [2.45, 2.75) is 24.3 Å². The Morgan fingerprint density at radius 2 is 1.64 bits per heavy atom. The maximum Gasteiger partial charge on any atom is 0.263 e. The molecule has 0 saturated carbocycles. The van der Waals surface area contributed by atoms with Gasteiger partial charge in [0, 0.05) is 26.2 Å². The number of para-hydroxylation sites is 1. The van der Waals surface area contributed by atoms with Crippen molar-refractivity contribution in [3.05, 3.63) is 60.4 Å². The molecule has 6 nitrogen and oxygen atoms in total. The number of carbonyl (C=O) groups excluding carboxylic acids is 1. The van der Waals surface area contributed by atoms with Gasteiger partial charge in [0.05, 0.1) is 0 Å². The zero-order valence-electron chi connectivity index (χ0n) is 15.6. The van der Waals surface area contributed by atoms with Gasteiger partial charge in [-0.25, -0.2) is 12.8 Å². The number of hydrogen-bond acceptors (Lipinski definition) is 4. The van der Waals surface area contributed by atoms with Crippen LogP contribution in [0, 0.1) is 5.82 Å². The molecular weight excluding hydrogens is 383 g/mol. The monoisotopic (exact) mass is 406 g/mol. The summed E-state index contributed by atoms with van der Waals surface area (Å²) in [5, 5.41) is 0. The average molecular weight is 406 g/mol. The van der Waals surface area contributed by atoms with E-state index in [2.05, 4.69) is 0 Å². The smallest absolute Gasteiger partial charge is 0.263 e. The minimum Gasteiger partial charge on any atom is -0.481 e. The van der Waals surface area contributed by atoms with Crippen LogP contribution in [0.4, 0.5) is 4.39 Å². The molecule has 1 saturated heterocycles. The standard InChI is InChI=1S/C20H23FN2O4S/c1-2-18(27-16-8-4-3-5-9-16)20(24)22-12-14-23(15-13-22)28(25,26)19-11-7-6-10-17(19)21/h3-11,18H,2,12-15H2,1H3/t18-/m0/s1. The molecule has 0 unspecified atom stereocenters. The molecule has 2 aromatic rings. The molecule has 0 N–H and O–H groups in total. The molecule has 28 heavy (non-hydrogen) atoms.